The van der Waals surface area contributed by atoms with Crippen molar-refractivity contribution in [2.45, 2.75) is 57.9 Å². The van der Waals surface area contributed by atoms with E-state index in [0.29, 0.717) is 6.42 Å². The average molecular weight is 277 g/mol. The van der Waals surface area contributed by atoms with Gasteiger partial charge in [-0.2, -0.15) is 0 Å². The fourth-order valence-corrected chi connectivity index (χ4v) is 3.96. The number of unbranched alkanes of at least 4 members (excludes halogenated alkanes) is 1. The molecule has 0 amide bonds. The van der Waals surface area contributed by atoms with Crippen LogP contribution in [0.1, 0.15) is 50.6 Å². The Morgan fingerprint density at radius 2 is 2.25 bits per heavy atom. The van der Waals surface area contributed by atoms with E-state index >= 15 is 0 Å². The van der Waals surface area contributed by atoms with Crippen molar-refractivity contribution in [1.82, 2.24) is 15.0 Å². The van der Waals surface area contributed by atoms with Crippen LogP contribution in [0, 0.1) is 17.8 Å². The number of hydrogen-bond acceptors (Lipinski definition) is 3. The van der Waals surface area contributed by atoms with E-state index in [2.05, 4.69) is 10.3 Å². The third-order valence-corrected chi connectivity index (χ3v) is 4.97. The quantitative estimate of drug-likeness (QED) is 0.778. The molecule has 20 heavy (non-hydrogen) atoms. The summed E-state index contributed by atoms with van der Waals surface area (Å²) in [6.45, 7) is 1.02. The average Bonchev–Trinajstić information content (AvgIpc) is 3.11. The molecule has 110 valence electrons. The first kappa shape index (κ1) is 13.6. The van der Waals surface area contributed by atoms with Crippen LogP contribution in [0.2, 0.25) is 0 Å². The van der Waals surface area contributed by atoms with Crippen molar-refractivity contribution < 1.29 is 9.90 Å². The highest BCUT2D eigenvalue weighted by atomic mass is 16.4. The summed E-state index contributed by atoms with van der Waals surface area (Å²) in [5.74, 6) is 1.98. The van der Waals surface area contributed by atoms with Gasteiger partial charge in [-0.1, -0.05) is 11.6 Å². The minimum atomic E-state index is -0.718. The van der Waals surface area contributed by atoms with Gasteiger partial charge in [0.25, 0.3) is 0 Å². The summed E-state index contributed by atoms with van der Waals surface area (Å²) < 4.78 is 2.00. The van der Waals surface area contributed by atoms with Gasteiger partial charge in [-0.05, 0) is 56.3 Å². The molecule has 3 rings (SSSR count). The predicted molar refractivity (Wildman–Crippen MR) is 74.2 cm³/mol. The Balaban J connectivity index is 1.44. The third kappa shape index (κ3) is 3.19. The molecule has 1 aromatic rings. The summed E-state index contributed by atoms with van der Waals surface area (Å²) in [7, 11) is 0. The molecule has 2 fully saturated rings. The summed E-state index contributed by atoms with van der Waals surface area (Å²) >= 11 is 0. The SMILES string of the molecule is O=C(O)CCCCc1cn(CC2CC3CCC2C3)nn1. The van der Waals surface area contributed by atoms with Crippen LogP contribution in [-0.4, -0.2) is 26.1 Å². The first-order valence-electron chi connectivity index (χ1n) is 7.81. The molecule has 3 unspecified atom stereocenters. The van der Waals surface area contributed by atoms with Gasteiger partial charge < -0.3 is 5.11 Å². The molecule has 2 aliphatic rings. The molecule has 2 saturated carbocycles. The van der Waals surface area contributed by atoms with Crippen molar-refractivity contribution in [2.75, 3.05) is 0 Å². The number of rotatable bonds is 7. The van der Waals surface area contributed by atoms with E-state index in [4.69, 9.17) is 5.11 Å². The molecule has 2 aliphatic carbocycles. The second-order valence-corrected chi connectivity index (χ2v) is 6.47. The van der Waals surface area contributed by atoms with Crippen molar-refractivity contribution in [3.8, 4) is 0 Å². The number of aromatic nitrogens is 3. The van der Waals surface area contributed by atoms with Gasteiger partial charge in [-0.3, -0.25) is 9.48 Å². The monoisotopic (exact) mass is 277 g/mol. The molecule has 1 aromatic heterocycles. The molecule has 3 atom stereocenters. The van der Waals surface area contributed by atoms with Gasteiger partial charge >= 0.3 is 5.97 Å². The van der Waals surface area contributed by atoms with Gasteiger partial charge in [0.15, 0.2) is 0 Å². The van der Waals surface area contributed by atoms with Gasteiger partial charge in [-0.15, -0.1) is 5.10 Å². The van der Waals surface area contributed by atoms with E-state index in [1.807, 2.05) is 10.9 Å². The number of aryl methyl sites for hydroxylation is 1. The largest absolute Gasteiger partial charge is 0.481 e. The smallest absolute Gasteiger partial charge is 0.303 e. The predicted octanol–water partition coefficient (Wildman–Crippen LogP) is 2.51. The number of carbonyl (C=O) groups is 1. The van der Waals surface area contributed by atoms with Gasteiger partial charge in [-0.25, -0.2) is 0 Å². The van der Waals surface area contributed by atoms with Crippen molar-refractivity contribution >= 4 is 5.97 Å². The van der Waals surface area contributed by atoms with Gasteiger partial charge in [0, 0.05) is 19.2 Å². The molecule has 1 N–H and O–H groups in total. The summed E-state index contributed by atoms with van der Waals surface area (Å²) in [6, 6.07) is 0. The summed E-state index contributed by atoms with van der Waals surface area (Å²) in [6.07, 6.45) is 10.4. The number of aliphatic carboxylic acids is 1. The zero-order valence-electron chi connectivity index (χ0n) is 11.9. The topological polar surface area (TPSA) is 68.0 Å². The minimum Gasteiger partial charge on any atom is -0.481 e. The zero-order valence-corrected chi connectivity index (χ0v) is 11.9. The standard InChI is InChI=1S/C15H23N3O2/c19-15(20)4-2-1-3-14-10-18(17-16-14)9-13-8-11-5-6-12(13)7-11/h10-13H,1-9H2,(H,19,20). The van der Waals surface area contributed by atoms with Crippen LogP contribution in [-0.2, 0) is 17.8 Å². The highest BCUT2D eigenvalue weighted by molar-refractivity contribution is 5.66. The molecular weight excluding hydrogens is 254 g/mol. The molecule has 0 radical (unpaired) electrons. The number of fused-ring (bicyclic) bond motifs is 2. The molecule has 0 aromatic carbocycles. The first-order valence-corrected chi connectivity index (χ1v) is 7.81. The number of hydrogen-bond donors (Lipinski definition) is 1. The lowest BCUT2D eigenvalue weighted by Crippen LogP contribution is -2.17. The van der Waals surface area contributed by atoms with Gasteiger partial charge in [0.1, 0.15) is 0 Å². The molecule has 5 heteroatoms. The van der Waals surface area contributed by atoms with Crippen LogP contribution < -0.4 is 0 Å². The molecule has 2 bridgehead atoms. The van der Waals surface area contributed by atoms with Crippen LogP contribution in [0.15, 0.2) is 6.20 Å². The third-order valence-electron chi connectivity index (χ3n) is 4.97. The molecular formula is C15H23N3O2. The minimum absolute atomic E-state index is 0.249. The maximum Gasteiger partial charge on any atom is 0.303 e. The van der Waals surface area contributed by atoms with Crippen LogP contribution in [0.25, 0.3) is 0 Å². The number of carboxylic acid groups (broad SMARTS) is 1. The lowest BCUT2D eigenvalue weighted by molar-refractivity contribution is -0.137. The fraction of sp³-hybridized carbons (Fsp3) is 0.800. The van der Waals surface area contributed by atoms with E-state index in [1.165, 1.54) is 25.7 Å². The Bertz CT molecular complexity index is 471. The van der Waals surface area contributed by atoms with Crippen molar-refractivity contribution in [3.63, 3.8) is 0 Å². The Hall–Kier alpha value is -1.39. The maximum absolute atomic E-state index is 10.4. The number of carboxylic acids is 1. The number of nitrogens with zero attached hydrogens (tertiary/aromatic N) is 3. The van der Waals surface area contributed by atoms with E-state index in [-0.39, 0.29) is 6.42 Å². The molecule has 0 saturated heterocycles. The lowest BCUT2D eigenvalue weighted by Gasteiger charge is -2.20. The Labute approximate surface area is 119 Å². The van der Waals surface area contributed by atoms with Crippen LogP contribution in [0.5, 0.6) is 0 Å². The molecule has 5 nitrogen and oxygen atoms in total. The maximum atomic E-state index is 10.4. The normalized spacial score (nSPS) is 28.1. The van der Waals surface area contributed by atoms with Gasteiger partial charge in [0.05, 0.1) is 5.69 Å². The van der Waals surface area contributed by atoms with Gasteiger partial charge in [0.2, 0.25) is 0 Å². The Morgan fingerprint density at radius 3 is 2.95 bits per heavy atom. The first-order chi connectivity index (χ1) is 9.70. The van der Waals surface area contributed by atoms with Crippen LogP contribution in [0.4, 0.5) is 0 Å². The molecule has 0 spiro atoms. The highest BCUT2D eigenvalue weighted by Gasteiger charge is 2.39. The van der Waals surface area contributed by atoms with E-state index in [0.717, 1.165) is 42.8 Å². The summed E-state index contributed by atoms with van der Waals surface area (Å²) in [5, 5.41) is 17.0. The summed E-state index contributed by atoms with van der Waals surface area (Å²) in [5.41, 5.74) is 0.999. The van der Waals surface area contributed by atoms with Crippen LogP contribution in [0.3, 0.4) is 0 Å². The highest BCUT2D eigenvalue weighted by Crippen LogP contribution is 2.48. The molecule has 1 heterocycles. The molecule has 0 aliphatic heterocycles. The Morgan fingerprint density at radius 1 is 1.35 bits per heavy atom. The second kappa shape index (κ2) is 5.94. The lowest BCUT2D eigenvalue weighted by atomic mass is 9.89. The second-order valence-electron chi connectivity index (χ2n) is 6.47. The van der Waals surface area contributed by atoms with Crippen molar-refractivity contribution in [3.05, 3.63) is 11.9 Å². The van der Waals surface area contributed by atoms with E-state index < -0.39 is 5.97 Å². The van der Waals surface area contributed by atoms with Crippen molar-refractivity contribution in [2.24, 2.45) is 17.8 Å². The Kier molecular flexibility index (Phi) is 4.03. The van der Waals surface area contributed by atoms with Crippen molar-refractivity contribution in [1.29, 1.82) is 0 Å². The zero-order chi connectivity index (χ0) is 13.9. The van der Waals surface area contributed by atoms with Crippen LogP contribution >= 0.6 is 0 Å². The summed E-state index contributed by atoms with van der Waals surface area (Å²) in [4.78, 5) is 10.4. The fourth-order valence-electron chi connectivity index (χ4n) is 3.96. The van der Waals surface area contributed by atoms with E-state index in [1.54, 1.807) is 0 Å². The van der Waals surface area contributed by atoms with E-state index in [9.17, 15) is 4.79 Å².